The van der Waals surface area contributed by atoms with Gasteiger partial charge in [-0.1, -0.05) is 48.9 Å². The van der Waals surface area contributed by atoms with Gasteiger partial charge in [0.05, 0.1) is 0 Å². The first-order valence-electron chi connectivity index (χ1n) is 7.92. The molecule has 0 radical (unpaired) electrons. The summed E-state index contributed by atoms with van der Waals surface area (Å²) < 4.78 is 0. The molecule has 1 atom stereocenters. The van der Waals surface area contributed by atoms with Crippen LogP contribution < -0.4 is 5.32 Å². The fourth-order valence-electron chi connectivity index (χ4n) is 3.14. The monoisotopic (exact) mass is 293 g/mol. The number of allylic oxidation sites excluding steroid dienone is 1. The second kappa shape index (κ2) is 5.44. The highest BCUT2D eigenvalue weighted by Gasteiger charge is 2.27. The van der Waals surface area contributed by atoms with Crippen LogP contribution in [-0.2, 0) is 11.2 Å². The molecule has 2 aliphatic carbocycles. The molecular formula is C18H19N3O. The van der Waals surface area contributed by atoms with Crippen LogP contribution in [0.15, 0.2) is 36.4 Å². The number of rotatable bonds is 3. The quantitative estimate of drug-likeness (QED) is 0.910. The van der Waals surface area contributed by atoms with Gasteiger partial charge < -0.3 is 5.32 Å². The number of aromatic amines is 1. The van der Waals surface area contributed by atoms with Gasteiger partial charge in [-0.2, -0.15) is 5.10 Å². The smallest absolute Gasteiger partial charge is 0.228 e. The summed E-state index contributed by atoms with van der Waals surface area (Å²) in [6, 6.07) is 10.5. The maximum Gasteiger partial charge on any atom is 0.228 e. The van der Waals surface area contributed by atoms with Crippen molar-refractivity contribution in [1.29, 1.82) is 0 Å². The largest absolute Gasteiger partial charge is 0.308 e. The molecule has 4 rings (SSSR count). The van der Waals surface area contributed by atoms with Crippen molar-refractivity contribution < 1.29 is 4.79 Å². The highest BCUT2D eigenvalue weighted by Crippen LogP contribution is 2.33. The summed E-state index contributed by atoms with van der Waals surface area (Å²) in [7, 11) is 0. The van der Waals surface area contributed by atoms with Gasteiger partial charge in [-0.3, -0.25) is 9.89 Å². The number of carbonyl (C=O) groups is 1. The van der Waals surface area contributed by atoms with E-state index in [0.29, 0.717) is 11.7 Å². The fraction of sp³-hybridized carbons (Fsp3) is 0.333. The van der Waals surface area contributed by atoms with Crippen molar-refractivity contribution in [3.63, 3.8) is 0 Å². The lowest BCUT2D eigenvalue weighted by atomic mass is 9.84. The Morgan fingerprint density at radius 3 is 2.77 bits per heavy atom. The van der Waals surface area contributed by atoms with Crippen LogP contribution in [0.1, 0.15) is 42.0 Å². The van der Waals surface area contributed by atoms with Gasteiger partial charge in [0.1, 0.15) is 0 Å². The standard InChI is InChI=1S/C18H19N3O/c22-18(13-7-4-8-13)19-17-15-10-9-14(11-16(15)20-21-17)12-5-2-1-3-6-12/h1-3,5-6,9-10,13-14H,4,7-8,11H2,(H2,19,20,21,22). The molecule has 2 aromatic rings. The minimum Gasteiger partial charge on any atom is -0.308 e. The van der Waals surface area contributed by atoms with Crippen molar-refractivity contribution >= 4 is 17.8 Å². The molecule has 4 heteroatoms. The molecule has 1 saturated carbocycles. The molecule has 112 valence electrons. The summed E-state index contributed by atoms with van der Waals surface area (Å²) in [4.78, 5) is 12.1. The van der Waals surface area contributed by atoms with E-state index in [-0.39, 0.29) is 11.8 Å². The topological polar surface area (TPSA) is 57.8 Å². The number of nitrogens with one attached hydrogen (secondary N) is 2. The number of amides is 1. The van der Waals surface area contributed by atoms with Crippen LogP contribution in [0, 0.1) is 5.92 Å². The average Bonchev–Trinajstić information content (AvgIpc) is 2.89. The molecule has 1 heterocycles. The Hall–Kier alpha value is -2.36. The van der Waals surface area contributed by atoms with Crippen LogP contribution in [0.2, 0.25) is 0 Å². The molecule has 1 fully saturated rings. The van der Waals surface area contributed by atoms with Gasteiger partial charge in [-0.05, 0) is 18.4 Å². The lowest BCUT2D eigenvalue weighted by Crippen LogP contribution is -2.28. The predicted octanol–water partition coefficient (Wildman–Crippen LogP) is 3.50. The first kappa shape index (κ1) is 13.3. The summed E-state index contributed by atoms with van der Waals surface area (Å²) in [6.07, 6.45) is 8.34. The van der Waals surface area contributed by atoms with Gasteiger partial charge in [0, 0.05) is 29.5 Å². The normalized spacial score (nSPS) is 20.3. The second-order valence-electron chi connectivity index (χ2n) is 6.16. The van der Waals surface area contributed by atoms with Gasteiger partial charge in [-0.15, -0.1) is 0 Å². The number of aromatic nitrogens is 2. The minimum absolute atomic E-state index is 0.110. The average molecular weight is 293 g/mol. The Labute approximate surface area is 129 Å². The van der Waals surface area contributed by atoms with Crippen molar-refractivity contribution in [2.24, 2.45) is 5.92 Å². The van der Waals surface area contributed by atoms with Crippen LogP contribution in [0.25, 0.3) is 6.08 Å². The summed E-state index contributed by atoms with van der Waals surface area (Å²) in [5.74, 6) is 1.33. The Balaban J connectivity index is 1.52. The van der Waals surface area contributed by atoms with E-state index in [1.54, 1.807) is 0 Å². The molecule has 1 amide bonds. The highest BCUT2D eigenvalue weighted by molar-refractivity contribution is 5.94. The zero-order valence-corrected chi connectivity index (χ0v) is 12.4. The van der Waals surface area contributed by atoms with E-state index in [4.69, 9.17) is 0 Å². The van der Waals surface area contributed by atoms with E-state index < -0.39 is 0 Å². The van der Waals surface area contributed by atoms with Crippen LogP contribution in [0.4, 0.5) is 5.82 Å². The van der Waals surface area contributed by atoms with E-state index in [1.807, 2.05) is 6.07 Å². The number of H-pyrrole nitrogens is 1. The Morgan fingerprint density at radius 1 is 1.23 bits per heavy atom. The number of fused-ring (bicyclic) bond motifs is 1. The molecule has 0 saturated heterocycles. The van der Waals surface area contributed by atoms with Crippen molar-refractivity contribution in [3.05, 3.63) is 53.2 Å². The van der Waals surface area contributed by atoms with Gasteiger partial charge >= 0.3 is 0 Å². The second-order valence-corrected chi connectivity index (χ2v) is 6.16. The van der Waals surface area contributed by atoms with Crippen molar-refractivity contribution in [2.45, 2.75) is 31.6 Å². The zero-order valence-electron chi connectivity index (χ0n) is 12.4. The molecular weight excluding hydrogens is 274 g/mol. The Bertz CT molecular complexity index is 713. The molecule has 22 heavy (non-hydrogen) atoms. The van der Waals surface area contributed by atoms with E-state index in [2.05, 4.69) is 51.9 Å². The third-order valence-corrected chi connectivity index (χ3v) is 4.75. The summed E-state index contributed by atoms with van der Waals surface area (Å²) in [6.45, 7) is 0. The maximum absolute atomic E-state index is 12.1. The van der Waals surface area contributed by atoms with Crippen LogP contribution in [0.5, 0.6) is 0 Å². The van der Waals surface area contributed by atoms with Crippen molar-refractivity contribution in [3.8, 4) is 0 Å². The van der Waals surface area contributed by atoms with E-state index >= 15 is 0 Å². The fourth-order valence-corrected chi connectivity index (χ4v) is 3.14. The van der Waals surface area contributed by atoms with Crippen LogP contribution in [-0.4, -0.2) is 16.1 Å². The first-order valence-corrected chi connectivity index (χ1v) is 7.92. The highest BCUT2D eigenvalue weighted by atomic mass is 16.2. The van der Waals surface area contributed by atoms with Crippen LogP contribution >= 0.6 is 0 Å². The van der Waals surface area contributed by atoms with Crippen molar-refractivity contribution in [1.82, 2.24) is 10.2 Å². The van der Waals surface area contributed by atoms with Gasteiger partial charge in [0.15, 0.2) is 5.82 Å². The number of anilines is 1. The van der Waals surface area contributed by atoms with E-state index in [1.165, 1.54) is 5.56 Å². The minimum atomic E-state index is 0.110. The molecule has 1 unspecified atom stereocenters. The lowest BCUT2D eigenvalue weighted by Gasteiger charge is -2.23. The molecule has 2 aliphatic rings. The number of hydrogen-bond donors (Lipinski definition) is 2. The molecule has 2 N–H and O–H groups in total. The van der Waals surface area contributed by atoms with Crippen LogP contribution in [0.3, 0.4) is 0 Å². The third kappa shape index (κ3) is 2.34. The maximum atomic E-state index is 12.1. The first-order chi connectivity index (χ1) is 10.8. The molecule has 1 aromatic heterocycles. The van der Waals surface area contributed by atoms with Gasteiger partial charge in [0.25, 0.3) is 0 Å². The molecule has 4 nitrogen and oxygen atoms in total. The summed E-state index contributed by atoms with van der Waals surface area (Å²) in [5, 5.41) is 10.4. The lowest BCUT2D eigenvalue weighted by molar-refractivity contribution is -0.122. The zero-order chi connectivity index (χ0) is 14.9. The van der Waals surface area contributed by atoms with Gasteiger partial charge in [0.2, 0.25) is 5.91 Å². The van der Waals surface area contributed by atoms with Crippen molar-refractivity contribution in [2.75, 3.05) is 5.32 Å². The summed E-state index contributed by atoms with van der Waals surface area (Å²) >= 11 is 0. The third-order valence-electron chi connectivity index (χ3n) is 4.75. The number of benzene rings is 1. The number of carbonyl (C=O) groups excluding carboxylic acids is 1. The van der Waals surface area contributed by atoms with E-state index in [9.17, 15) is 4.79 Å². The Kier molecular flexibility index (Phi) is 3.29. The summed E-state index contributed by atoms with van der Waals surface area (Å²) in [5.41, 5.74) is 3.43. The SMILES string of the molecule is O=C(Nc1n[nH]c2c1C=CC(c1ccccc1)C2)C1CCC1. The molecule has 0 spiro atoms. The molecule has 1 aromatic carbocycles. The molecule has 0 aliphatic heterocycles. The number of nitrogens with zero attached hydrogens (tertiary/aromatic N) is 1. The molecule has 0 bridgehead atoms. The number of hydrogen-bond acceptors (Lipinski definition) is 2. The Morgan fingerprint density at radius 2 is 2.05 bits per heavy atom. The van der Waals surface area contributed by atoms with Gasteiger partial charge in [-0.25, -0.2) is 0 Å². The van der Waals surface area contributed by atoms with E-state index in [0.717, 1.165) is 36.9 Å². The predicted molar refractivity (Wildman–Crippen MR) is 86.5 cm³/mol.